The second-order valence-electron chi connectivity index (χ2n) is 5.75. The van der Waals surface area contributed by atoms with Gasteiger partial charge < -0.3 is 4.42 Å². The fourth-order valence-corrected chi connectivity index (χ4v) is 4.18. The highest BCUT2D eigenvalue weighted by atomic mass is 35.5. The van der Waals surface area contributed by atoms with Gasteiger partial charge in [-0.15, -0.1) is 11.3 Å². The lowest BCUT2D eigenvalue weighted by atomic mass is 9.98. The molecular formula is C18H11ClN4O2S. The molecule has 1 unspecified atom stereocenters. The number of benzene rings is 1. The molecule has 128 valence electrons. The first-order valence-electron chi connectivity index (χ1n) is 7.85. The first-order chi connectivity index (χ1) is 12.8. The van der Waals surface area contributed by atoms with Crippen LogP contribution < -0.4 is 4.90 Å². The van der Waals surface area contributed by atoms with Crippen molar-refractivity contribution in [2.45, 2.75) is 6.04 Å². The van der Waals surface area contributed by atoms with Gasteiger partial charge in [-0.2, -0.15) is 5.10 Å². The van der Waals surface area contributed by atoms with E-state index >= 15 is 0 Å². The van der Waals surface area contributed by atoms with Gasteiger partial charge in [0.1, 0.15) is 5.69 Å². The minimum absolute atomic E-state index is 0.214. The molecule has 5 rings (SSSR count). The number of aromatic amines is 1. The SMILES string of the molecule is O=C1c2n[nH]c(-c3ccco3)c2C(c2ccccc2Cl)N1c1nccs1. The van der Waals surface area contributed by atoms with Crippen molar-refractivity contribution in [3.05, 3.63) is 76.1 Å². The molecule has 4 aromatic rings. The number of fused-ring (bicyclic) bond motifs is 1. The van der Waals surface area contributed by atoms with Crippen molar-refractivity contribution < 1.29 is 9.21 Å². The summed E-state index contributed by atoms with van der Waals surface area (Å²) in [4.78, 5) is 19.1. The van der Waals surface area contributed by atoms with Crippen LogP contribution in [0.25, 0.3) is 11.5 Å². The van der Waals surface area contributed by atoms with Crippen LogP contribution in [0, 0.1) is 0 Å². The van der Waals surface area contributed by atoms with Crippen LogP contribution >= 0.6 is 22.9 Å². The normalized spacial score (nSPS) is 16.3. The molecule has 1 aliphatic heterocycles. The zero-order valence-corrected chi connectivity index (χ0v) is 14.8. The highest BCUT2D eigenvalue weighted by Gasteiger charge is 2.45. The average molecular weight is 383 g/mol. The van der Waals surface area contributed by atoms with Crippen molar-refractivity contribution in [2.24, 2.45) is 0 Å². The summed E-state index contributed by atoms with van der Waals surface area (Å²) >= 11 is 7.88. The van der Waals surface area contributed by atoms with Crippen LogP contribution in [0.3, 0.4) is 0 Å². The topological polar surface area (TPSA) is 75.0 Å². The van der Waals surface area contributed by atoms with E-state index in [2.05, 4.69) is 15.2 Å². The summed E-state index contributed by atoms with van der Waals surface area (Å²) in [6.07, 6.45) is 3.26. The number of hydrogen-bond donors (Lipinski definition) is 1. The van der Waals surface area contributed by atoms with Crippen LogP contribution in [0.5, 0.6) is 0 Å². The molecule has 1 aromatic carbocycles. The lowest BCUT2D eigenvalue weighted by Crippen LogP contribution is -2.29. The maximum absolute atomic E-state index is 13.1. The quantitative estimate of drug-likeness (QED) is 0.564. The molecular weight excluding hydrogens is 372 g/mol. The van der Waals surface area contributed by atoms with Crippen LogP contribution in [-0.2, 0) is 0 Å². The molecule has 1 N–H and O–H groups in total. The van der Waals surface area contributed by atoms with Crippen molar-refractivity contribution in [1.29, 1.82) is 0 Å². The Morgan fingerprint density at radius 3 is 2.85 bits per heavy atom. The summed E-state index contributed by atoms with van der Waals surface area (Å²) in [5.74, 6) is 0.401. The summed E-state index contributed by atoms with van der Waals surface area (Å²) in [6.45, 7) is 0. The second kappa shape index (κ2) is 5.82. The number of thiazole rings is 1. The summed E-state index contributed by atoms with van der Waals surface area (Å²) in [6, 6.07) is 10.7. The molecule has 4 heterocycles. The Bertz CT molecular complexity index is 1090. The summed E-state index contributed by atoms with van der Waals surface area (Å²) in [5.41, 5.74) is 2.58. The number of H-pyrrole nitrogens is 1. The van der Waals surface area contributed by atoms with Gasteiger partial charge in [-0.1, -0.05) is 29.8 Å². The zero-order chi connectivity index (χ0) is 17.7. The summed E-state index contributed by atoms with van der Waals surface area (Å²) in [7, 11) is 0. The Balaban J connectivity index is 1.77. The van der Waals surface area contributed by atoms with Crippen LogP contribution in [0.15, 0.2) is 58.7 Å². The minimum atomic E-state index is -0.434. The molecule has 0 saturated carbocycles. The maximum Gasteiger partial charge on any atom is 0.281 e. The number of hydrogen-bond acceptors (Lipinski definition) is 5. The van der Waals surface area contributed by atoms with E-state index < -0.39 is 6.04 Å². The van der Waals surface area contributed by atoms with Gasteiger partial charge in [0.15, 0.2) is 16.6 Å². The van der Waals surface area contributed by atoms with E-state index in [0.717, 1.165) is 11.1 Å². The van der Waals surface area contributed by atoms with Gasteiger partial charge in [-0.25, -0.2) is 4.98 Å². The molecule has 0 radical (unpaired) electrons. The number of rotatable bonds is 3. The largest absolute Gasteiger partial charge is 0.463 e. The van der Waals surface area contributed by atoms with E-state index in [1.165, 1.54) is 11.3 Å². The van der Waals surface area contributed by atoms with E-state index in [4.69, 9.17) is 16.0 Å². The van der Waals surface area contributed by atoms with Crippen LogP contribution in [0.4, 0.5) is 5.13 Å². The van der Waals surface area contributed by atoms with Gasteiger partial charge in [-0.3, -0.25) is 14.8 Å². The fraction of sp³-hybridized carbons (Fsp3) is 0.0556. The molecule has 0 aliphatic carbocycles. The van der Waals surface area contributed by atoms with Crippen molar-refractivity contribution in [1.82, 2.24) is 15.2 Å². The number of halogens is 1. The Morgan fingerprint density at radius 2 is 2.12 bits per heavy atom. The first kappa shape index (κ1) is 15.4. The van der Waals surface area contributed by atoms with Crippen molar-refractivity contribution in [3.8, 4) is 11.5 Å². The number of nitrogens with one attached hydrogen (secondary N) is 1. The van der Waals surface area contributed by atoms with Gasteiger partial charge in [-0.05, 0) is 23.8 Å². The Kier molecular flexibility index (Phi) is 3.44. The maximum atomic E-state index is 13.1. The molecule has 26 heavy (non-hydrogen) atoms. The van der Waals surface area contributed by atoms with E-state index in [9.17, 15) is 4.79 Å². The molecule has 1 aliphatic rings. The predicted octanol–water partition coefficient (Wildman–Crippen LogP) is 4.53. The van der Waals surface area contributed by atoms with Gasteiger partial charge >= 0.3 is 0 Å². The number of aromatic nitrogens is 3. The highest BCUT2D eigenvalue weighted by molar-refractivity contribution is 7.13. The molecule has 3 aromatic heterocycles. The van der Waals surface area contributed by atoms with E-state index in [1.807, 2.05) is 35.7 Å². The van der Waals surface area contributed by atoms with E-state index in [0.29, 0.717) is 27.3 Å². The number of carbonyl (C=O) groups excluding carboxylic acids is 1. The lowest BCUT2D eigenvalue weighted by molar-refractivity contribution is 0.0988. The average Bonchev–Trinajstić information content (AvgIpc) is 3.42. The third kappa shape index (κ3) is 2.14. The molecule has 0 spiro atoms. The molecule has 6 nitrogen and oxygen atoms in total. The predicted molar refractivity (Wildman–Crippen MR) is 98.5 cm³/mol. The smallest absolute Gasteiger partial charge is 0.281 e. The zero-order valence-electron chi connectivity index (χ0n) is 13.2. The monoisotopic (exact) mass is 382 g/mol. The molecule has 1 atom stereocenters. The Labute approximate surface area is 157 Å². The number of furan rings is 1. The van der Waals surface area contributed by atoms with Gasteiger partial charge in [0.05, 0.1) is 12.3 Å². The molecule has 0 fully saturated rings. The molecule has 8 heteroatoms. The summed E-state index contributed by atoms with van der Waals surface area (Å²) < 4.78 is 5.53. The Hall–Kier alpha value is -2.90. The lowest BCUT2D eigenvalue weighted by Gasteiger charge is -2.24. The van der Waals surface area contributed by atoms with E-state index in [-0.39, 0.29) is 5.91 Å². The minimum Gasteiger partial charge on any atom is -0.463 e. The number of carbonyl (C=O) groups is 1. The van der Waals surface area contributed by atoms with Crippen molar-refractivity contribution in [3.63, 3.8) is 0 Å². The fourth-order valence-electron chi connectivity index (χ4n) is 3.27. The number of anilines is 1. The third-order valence-corrected chi connectivity index (χ3v) is 5.46. The number of amides is 1. The Morgan fingerprint density at radius 1 is 1.23 bits per heavy atom. The molecule has 1 amide bonds. The van der Waals surface area contributed by atoms with Crippen LogP contribution in [0.2, 0.25) is 5.02 Å². The first-order valence-corrected chi connectivity index (χ1v) is 9.11. The van der Waals surface area contributed by atoms with Gasteiger partial charge in [0.25, 0.3) is 5.91 Å². The van der Waals surface area contributed by atoms with Gasteiger partial charge in [0.2, 0.25) is 0 Å². The highest BCUT2D eigenvalue weighted by Crippen LogP contribution is 2.46. The number of nitrogens with zero attached hydrogens (tertiary/aromatic N) is 3. The standard InChI is InChI=1S/C18H11ClN4O2S/c19-11-5-2-1-4-10(11)16-13-14(12-6-3-8-25-12)21-22-15(13)17(24)23(16)18-20-7-9-26-18/h1-9,16H,(H,21,22). The van der Waals surface area contributed by atoms with Crippen molar-refractivity contribution in [2.75, 3.05) is 4.90 Å². The third-order valence-electron chi connectivity index (χ3n) is 4.35. The second-order valence-corrected chi connectivity index (χ2v) is 7.03. The van der Waals surface area contributed by atoms with Crippen LogP contribution in [0.1, 0.15) is 27.7 Å². The van der Waals surface area contributed by atoms with Crippen LogP contribution in [-0.4, -0.2) is 21.1 Å². The summed E-state index contributed by atoms with van der Waals surface area (Å²) in [5, 5.41) is 10.2. The molecule has 0 bridgehead atoms. The molecule has 0 saturated heterocycles. The van der Waals surface area contributed by atoms with E-state index in [1.54, 1.807) is 23.4 Å². The van der Waals surface area contributed by atoms with Gasteiger partial charge in [0, 0.05) is 22.2 Å². The van der Waals surface area contributed by atoms with Crippen molar-refractivity contribution >= 4 is 34.0 Å².